The van der Waals surface area contributed by atoms with Gasteiger partial charge in [-0.05, 0) is 35.7 Å². The van der Waals surface area contributed by atoms with Crippen LogP contribution < -0.4 is 0 Å². The van der Waals surface area contributed by atoms with E-state index in [4.69, 9.17) is 0 Å². The van der Waals surface area contributed by atoms with Crippen LogP contribution in [0.1, 0.15) is 0 Å². The highest BCUT2D eigenvalue weighted by Crippen LogP contribution is 2.35. The van der Waals surface area contributed by atoms with Crippen LogP contribution in [0, 0.1) is 0 Å². The van der Waals surface area contributed by atoms with Gasteiger partial charge in [0.15, 0.2) is 0 Å². The van der Waals surface area contributed by atoms with E-state index < -0.39 is 0 Å². The molecule has 0 aliphatic carbocycles. The second kappa shape index (κ2) is 5.35. The Morgan fingerprint density at radius 2 is 1.55 bits per heavy atom. The third-order valence-electron chi connectivity index (χ3n) is 2.99. The summed E-state index contributed by atoms with van der Waals surface area (Å²) in [4.78, 5) is 0.872. The van der Waals surface area contributed by atoms with E-state index in [1.165, 1.54) is 0 Å². The molecule has 1 N–H and O–H groups in total. The largest absolute Gasteiger partial charge is 0.506 e. The van der Waals surface area contributed by atoms with Crippen molar-refractivity contribution in [2.24, 2.45) is 10.2 Å². The maximum Gasteiger partial charge on any atom is 0.143 e. The summed E-state index contributed by atoms with van der Waals surface area (Å²) in [5.41, 5.74) is 1.20. The van der Waals surface area contributed by atoms with Gasteiger partial charge in [-0.15, -0.1) is 17.7 Å². The molecule has 98 valence electrons. The molecule has 0 bridgehead atoms. The van der Waals surface area contributed by atoms with Gasteiger partial charge in [0.1, 0.15) is 11.4 Å². The second-order valence-corrected chi connectivity index (χ2v) is 4.89. The van der Waals surface area contributed by atoms with Gasteiger partial charge in [0.25, 0.3) is 0 Å². The maximum absolute atomic E-state index is 9.96. The predicted octanol–water partition coefficient (Wildman–Crippen LogP) is 5.25. The highest BCUT2D eigenvalue weighted by molar-refractivity contribution is 7.80. The van der Waals surface area contributed by atoms with Crippen LogP contribution >= 0.6 is 12.6 Å². The Bertz CT molecular complexity index is 782. The molecular weight excluding hydrogens is 268 g/mol. The molecule has 0 saturated heterocycles. The molecule has 4 heteroatoms. The van der Waals surface area contributed by atoms with Gasteiger partial charge in [-0.3, -0.25) is 0 Å². The van der Waals surface area contributed by atoms with Crippen LogP contribution in [0.5, 0.6) is 5.75 Å². The van der Waals surface area contributed by atoms with Gasteiger partial charge in [0, 0.05) is 10.3 Å². The summed E-state index contributed by atoms with van der Waals surface area (Å²) in [6.45, 7) is 0. The van der Waals surface area contributed by atoms with Crippen LogP contribution in [-0.4, -0.2) is 5.11 Å². The summed E-state index contributed by atoms with van der Waals surface area (Å²) in [5, 5.41) is 20.2. The first-order valence-corrected chi connectivity index (χ1v) is 6.60. The number of nitrogens with zero attached hydrogens (tertiary/aromatic N) is 2. The van der Waals surface area contributed by atoms with Crippen molar-refractivity contribution in [3.63, 3.8) is 0 Å². The lowest BCUT2D eigenvalue weighted by molar-refractivity contribution is 0.477. The molecule has 3 rings (SSSR count). The van der Waals surface area contributed by atoms with Crippen LogP contribution in [0.15, 0.2) is 75.8 Å². The zero-order chi connectivity index (χ0) is 13.9. The number of hydrogen-bond donors (Lipinski definition) is 2. The Labute approximate surface area is 122 Å². The minimum absolute atomic E-state index is 0.123. The molecule has 3 aromatic rings. The Hall–Kier alpha value is -2.33. The summed E-state index contributed by atoms with van der Waals surface area (Å²) < 4.78 is 0. The molecule has 3 aromatic carbocycles. The summed E-state index contributed by atoms with van der Waals surface area (Å²) in [6, 6.07) is 18.6. The van der Waals surface area contributed by atoms with Crippen molar-refractivity contribution in [1.82, 2.24) is 0 Å². The smallest absolute Gasteiger partial charge is 0.143 e. The Morgan fingerprint density at radius 1 is 0.800 bits per heavy atom. The van der Waals surface area contributed by atoms with Crippen LogP contribution in [0.25, 0.3) is 10.8 Å². The fourth-order valence-corrected chi connectivity index (χ4v) is 2.12. The molecule has 0 aromatic heterocycles. The minimum atomic E-state index is 0.123. The molecule has 0 aliphatic heterocycles. The number of phenolic OH excluding ortho intramolecular Hbond substituents is 1. The molecular formula is C16H12N2OS. The zero-order valence-corrected chi connectivity index (χ0v) is 11.5. The predicted molar refractivity (Wildman–Crippen MR) is 83.5 cm³/mol. The van der Waals surface area contributed by atoms with Crippen molar-refractivity contribution in [2.45, 2.75) is 4.90 Å². The van der Waals surface area contributed by atoms with Gasteiger partial charge in [0.05, 0.1) is 5.69 Å². The number of thiol groups is 1. The van der Waals surface area contributed by atoms with E-state index in [1.807, 2.05) is 54.6 Å². The SMILES string of the molecule is Oc1ccc2ccccc2c1N=Nc1ccc(S)cc1. The average Bonchev–Trinajstić information content (AvgIpc) is 2.48. The van der Waals surface area contributed by atoms with E-state index >= 15 is 0 Å². The quantitative estimate of drug-likeness (QED) is 0.488. The van der Waals surface area contributed by atoms with Gasteiger partial charge < -0.3 is 5.11 Å². The highest BCUT2D eigenvalue weighted by Gasteiger charge is 2.05. The van der Waals surface area contributed by atoms with Gasteiger partial charge in [-0.1, -0.05) is 30.3 Å². The van der Waals surface area contributed by atoms with E-state index in [0.717, 1.165) is 21.4 Å². The van der Waals surface area contributed by atoms with Crippen molar-refractivity contribution >= 4 is 34.8 Å². The molecule has 0 heterocycles. The lowest BCUT2D eigenvalue weighted by Gasteiger charge is -2.03. The molecule has 0 fully saturated rings. The molecule has 0 aliphatic rings. The fraction of sp³-hybridized carbons (Fsp3) is 0. The maximum atomic E-state index is 9.96. The molecule has 0 amide bonds. The number of hydrogen-bond acceptors (Lipinski definition) is 4. The average molecular weight is 280 g/mol. The summed E-state index contributed by atoms with van der Waals surface area (Å²) in [5.74, 6) is 0.123. The van der Waals surface area contributed by atoms with Crippen molar-refractivity contribution in [2.75, 3.05) is 0 Å². The second-order valence-electron chi connectivity index (χ2n) is 4.37. The van der Waals surface area contributed by atoms with Crippen molar-refractivity contribution in [3.8, 4) is 5.75 Å². The van der Waals surface area contributed by atoms with Crippen LogP contribution in [-0.2, 0) is 0 Å². The summed E-state index contributed by atoms with van der Waals surface area (Å²) in [6.07, 6.45) is 0. The minimum Gasteiger partial charge on any atom is -0.506 e. The highest BCUT2D eigenvalue weighted by atomic mass is 32.1. The normalized spacial score (nSPS) is 11.2. The molecule has 0 radical (unpaired) electrons. The number of azo groups is 1. The van der Waals surface area contributed by atoms with Gasteiger partial charge in [-0.25, -0.2) is 0 Å². The zero-order valence-electron chi connectivity index (χ0n) is 10.6. The number of fused-ring (bicyclic) bond motifs is 1. The number of benzene rings is 3. The van der Waals surface area contributed by atoms with Gasteiger partial charge >= 0.3 is 0 Å². The van der Waals surface area contributed by atoms with Gasteiger partial charge in [-0.2, -0.15) is 5.11 Å². The van der Waals surface area contributed by atoms with Crippen LogP contribution in [0.4, 0.5) is 11.4 Å². The van der Waals surface area contributed by atoms with E-state index in [9.17, 15) is 5.11 Å². The topological polar surface area (TPSA) is 45.0 Å². The van der Waals surface area contributed by atoms with Crippen molar-refractivity contribution < 1.29 is 5.11 Å². The number of phenols is 1. The van der Waals surface area contributed by atoms with Crippen molar-refractivity contribution in [1.29, 1.82) is 0 Å². The van der Waals surface area contributed by atoms with E-state index in [1.54, 1.807) is 6.07 Å². The fourth-order valence-electron chi connectivity index (χ4n) is 1.98. The van der Waals surface area contributed by atoms with Crippen molar-refractivity contribution in [3.05, 3.63) is 60.7 Å². The van der Waals surface area contributed by atoms with Crippen LogP contribution in [0.3, 0.4) is 0 Å². The summed E-state index contributed by atoms with van der Waals surface area (Å²) in [7, 11) is 0. The Morgan fingerprint density at radius 3 is 2.35 bits per heavy atom. The van der Waals surface area contributed by atoms with Gasteiger partial charge in [0.2, 0.25) is 0 Å². The number of rotatable bonds is 2. The molecule has 0 unspecified atom stereocenters. The first kappa shape index (κ1) is 12.7. The number of aromatic hydroxyl groups is 1. The third-order valence-corrected chi connectivity index (χ3v) is 3.29. The lowest BCUT2D eigenvalue weighted by Crippen LogP contribution is -1.74. The first-order chi connectivity index (χ1) is 9.74. The molecule has 0 saturated carbocycles. The van der Waals surface area contributed by atoms with Crippen LogP contribution in [0.2, 0.25) is 0 Å². The molecule has 20 heavy (non-hydrogen) atoms. The lowest BCUT2D eigenvalue weighted by atomic mass is 10.1. The first-order valence-electron chi connectivity index (χ1n) is 6.15. The molecule has 0 atom stereocenters. The Kier molecular flexibility index (Phi) is 3.39. The molecule has 3 nitrogen and oxygen atoms in total. The van der Waals surface area contributed by atoms with E-state index in [-0.39, 0.29) is 5.75 Å². The monoisotopic (exact) mass is 280 g/mol. The standard InChI is InChI=1S/C16H12N2OS/c19-15-10-5-11-3-1-2-4-14(11)16(15)18-17-12-6-8-13(20)9-7-12/h1-10,19-20H. The third kappa shape index (κ3) is 2.51. The summed E-state index contributed by atoms with van der Waals surface area (Å²) >= 11 is 4.22. The Balaban J connectivity index is 2.06. The molecule has 0 spiro atoms. The van der Waals surface area contributed by atoms with E-state index in [0.29, 0.717) is 5.69 Å². The van der Waals surface area contributed by atoms with E-state index in [2.05, 4.69) is 22.9 Å².